The van der Waals surface area contributed by atoms with Gasteiger partial charge >= 0.3 is 57.8 Å². The summed E-state index contributed by atoms with van der Waals surface area (Å²) in [7, 11) is 3.77. The van der Waals surface area contributed by atoms with E-state index in [1.54, 1.807) is 82.3 Å². The number of rotatable bonds is 13. The molecule has 0 spiro atoms. The zero-order valence-electron chi connectivity index (χ0n) is 72.2. The number of nitrogens with zero attached hydrogens (tertiary/aromatic N) is 13. The number of hydrogen-bond acceptors (Lipinski definition) is 24. The molecule has 9 heterocycles. The van der Waals surface area contributed by atoms with E-state index in [9.17, 15) is 27.6 Å². The normalized spacial score (nSPS) is 15.0. The van der Waals surface area contributed by atoms with Crippen LogP contribution in [0, 0.1) is 21.0 Å². The predicted molar refractivity (Wildman–Crippen MR) is 494 cm³/mol. The van der Waals surface area contributed by atoms with Crippen LogP contribution in [0.25, 0.3) is 55.4 Å². The van der Waals surface area contributed by atoms with Gasteiger partial charge in [0.1, 0.15) is 128 Å². The number of anilines is 3. The van der Waals surface area contributed by atoms with E-state index < -0.39 is 23.9 Å². The summed E-state index contributed by atoms with van der Waals surface area (Å²) in [5, 5.41) is 26.0. The molecule has 0 bridgehead atoms. The summed E-state index contributed by atoms with van der Waals surface area (Å²) in [6.45, 7) is 24.0. The summed E-state index contributed by atoms with van der Waals surface area (Å²) in [5.74, 6) is 3.64. The van der Waals surface area contributed by atoms with Crippen molar-refractivity contribution in [2.24, 2.45) is 4.30 Å². The molecule has 12 aromatic rings. The molecule has 658 valence electrons. The van der Waals surface area contributed by atoms with Gasteiger partial charge in [0.2, 0.25) is 0 Å². The number of likely N-dealkylation sites (tertiary alicyclic amines) is 3. The molecule has 15 rings (SSSR count). The van der Waals surface area contributed by atoms with E-state index in [2.05, 4.69) is 107 Å². The van der Waals surface area contributed by atoms with Crippen molar-refractivity contribution in [2.75, 3.05) is 56.5 Å². The molecule has 3 amide bonds. The number of hydrogen-bond donors (Lipinski definition) is 7. The first-order valence-corrected chi connectivity index (χ1v) is 42.2. The third-order valence-electron chi connectivity index (χ3n) is 18.7. The van der Waals surface area contributed by atoms with Gasteiger partial charge in [0.05, 0.1) is 38.9 Å². The summed E-state index contributed by atoms with van der Waals surface area (Å²) in [4.78, 5) is 69.3. The molecule has 0 saturated carbocycles. The van der Waals surface area contributed by atoms with E-state index in [0.29, 0.717) is 111 Å². The van der Waals surface area contributed by atoms with Crippen LogP contribution in [0.3, 0.4) is 0 Å². The zero-order chi connectivity index (χ0) is 91.7. The fraction of sp³-hybridized carbons (Fsp3) is 0.345. The number of halogens is 5. The summed E-state index contributed by atoms with van der Waals surface area (Å²) in [5.41, 5.74) is 22.8. The Hall–Kier alpha value is -11.2. The average molecular weight is 1910 g/mol. The van der Waals surface area contributed by atoms with Crippen LogP contribution < -0.4 is 36.1 Å². The Morgan fingerprint density at radius 2 is 0.880 bits per heavy atom. The Bertz CT molecular complexity index is 5630. The Balaban J connectivity index is 0.000000190. The van der Waals surface area contributed by atoms with Gasteiger partial charge < -0.3 is 93.7 Å². The molecule has 6 aromatic carbocycles. The minimum absolute atomic E-state index is 0.0161. The number of thiol groups is 1. The van der Waals surface area contributed by atoms with Crippen molar-refractivity contribution in [3.63, 3.8) is 0 Å². The molecule has 38 heteroatoms. The summed E-state index contributed by atoms with van der Waals surface area (Å²) in [6, 6.07) is 39.6. The van der Waals surface area contributed by atoms with Crippen molar-refractivity contribution in [3.05, 3.63) is 203 Å². The van der Waals surface area contributed by atoms with Crippen molar-refractivity contribution < 1.29 is 77.1 Å². The number of piperidine rings is 3. The number of carbonyl (C=O) groups is 3. The number of carbonyl (C=O) groups excluding carboxylic acids is 3. The molecule has 0 aliphatic carbocycles. The van der Waals surface area contributed by atoms with Crippen LogP contribution in [0.4, 0.5) is 45.0 Å². The van der Waals surface area contributed by atoms with Crippen molar-refractivity contribution >= 4 is 143 Å². The van der Waals surface area contributed by atoms with Crippen molar-refractivity contribution in [2.45, 2.75) is 156 Å². The van der Waals surface area contributed by atoms with Crippen LogP contribution >= 0.6 is 51.3 Å². The van der Waals surface area contributed by atoms with Crippen LogP contribution in [-0.2, 0) is 14.2 Å². The van der Waals surface area contributed by atoms with Crippen LogP contribution in [0.2, 0.25) is 6.82 Å². The first kappa shape index (κ1) is 96.0. The van der Waals surface area contributed by atoms with Crippen molar-refractivity contribution in [3.8, 4) is 62.5 Å². The van der Waals surface area contributed by atoms with Crippen LogP contribution in [0.1, 0.15) is 134 Å². The predicted octanol–water partition coefficient (Wildman–Crippen LogP) is 19.1. The van der Waals surface area contributed by atoms with Gasteiger partial charge in [0, 0.05) is 85.9 Å². The molecular formula is C87H102B3BrF3IN16O13S. The molecule has 3 fully saturated rings. The van der Waals surface area contributed by atoms with Gasteiger partial charge in [-0.2, -0.15) is 0 Å². The third kappa shape index (κ3) is 27.9. The molecule has 125 heavy (non-hydrogen) atoms. The Morgan fingerprint density at radius 3 is 1.27 bits per heavy atom. The molecule has 3 atom stereocenters. The van der Waals surface area contributed by atoms with Crippen molar-refractivity contribution in [1.29, 1.82) is 0 Å². The Kier molecular flexibility index (Phi) is 34.7. The van der Waals surface area contributed by atoms with E-state index in [4.69, 9.17) is 66.7 Å². The summed E-state index contributed by atoms with van der Waals surface area (Å²) < 4.78 is 95.5. The summed E-state index contributed by atoms with van der Waals surface area (Å²) in [6.07, 6.45) is 12.9. The fourth-order valence-corrected chi connectivity index (χ4v) is 15.4. The van der Waals surface area contributed by atoms with E-state index in [0.717, 1.165) is 103 Å². The van der Waals surface area contributed by atoms with Gasteiger partial charge in [0.15, 0.2) is 0 Å². The standard InChI is InChI=1S/C28H29BrFN5O3.C28H30FN5O3.C16H22IN5O2.C12H9BFO3.C2H6.CH5BO2.BHNS/c1-28(2,3)38-27(36)34-13-5-7-19(15-34)35-24(29)22(23-25(31)32-16-33-26(23)35)17-9-11-20(12-10-17)37-21-8-4-6-18(30)14-21;1-28(2,3)37-27(35)33-13-5-7-20(15-33)34-16-23(24-25(30)31-17-32-26(24)34)18-9-11-21(12-10-18)36-22-8-4-6-19(29)14-22;1-16(2,3)24-15(23)21-6-4-5-10(7-21)22-8-11(17)12-13(18)19-9-20-14(12)22;14-9-2-1-3-12(8-9)16-10-4-6-11(7-5-10)17-13-15;1-2;1-2(3)4;1-2-3/h4,6,8-12,14,16,19H,5,7,13,15H2,1-3H3,(H2,31,32,33);4,6,8-12,14,16-17,20H,5,7,13,15H2,1-3H3,(H2,30,31,32);8-10H,4-7H2,1-3H3,(H2,18,19,20);1-8,15H;1-2H3;3-4H,1H3;3H/t19-;20-;10-;;;;/m111..../s1/i;;;;1D;;. The second-order valence-corrected chi connectivity index (χ2v) is 33.7. The monoisotopic (exact) mass is 1910 g/mol. The van der Waals surface area contributed by atoms with Crippen molar-refractivity contribution in [1.82, 2.24) is 58.3 Å². The molecule has 29 nitrogen and oxygen atoms in total. The molecular weight excluding hydrogens is 1810 g/mol. The van der Waals surface area contributed by atoms with Gasteiger partial charge in [-0.25, -0.2) is 57.5 Å². The van der Waals surface area contributed by atoms with Gasteiger partial charge in [-0.3, -0.25) is 0 Å². The van der Waals surface area contributed by atoms with Gasteiger partial charge in [0.25, 0.3) is 0 Å². The molecule has 3 aliphatic rings. The topological polar surface area (TPSA) is 369 Å². The third-order valence-corrected chi connectivity index (χ3v) is 20.3. The van der Waals surface area contributed by atoms with Crippen LogP contribution in [0.15, 0.2) is 186 Å². The van der Waals surface area contributed by atoms with E-state index in [1.165, 1.54) is 62.2 Å². The van der Waals surface area contributed by atoms with Gasteiger partial charge in [-0.15, -0.1) is 0 Å². The van der Waals surface area contributed by atoms with Gasteiger partial charge in [-0.1, -0.05) is 56.3 Å². The molecule has 6 aromatic heterocycles. The number of nitrogen functional groups attached to an aromatic ring is 3. The molecule has 2 radical (unpaired) electrons. The summed E-state index contributed by atoms with van der Waals surface area (Å²) >= 11 is 9.26. The maximum atomic E-state index is 13.5. The second kappa shape index (κ2) is 45.1. The fourth-order valence-electron chi connectivity index (χ4n) is 13.7. The van der Waals surface area contributed by atoms with E-state index in [1.807, 2.05) is 123 Å². The zero-order valence-corrected chi connectivity index (χ0v) is 75.8. The van der Waals surface area contributed by atoms with E-state index in [-0.39, 0.29) is 53.9 Å². The number of benzene rings is 6. The molecule has 3 aliphatic heterocycles. The number of nitrogens with two attached hydrogens (primary N) is 3. The van der Waals surface area contributed by atoms with Gasteiger partial charge in [-0.05, 0) is 242 Å². The Labute approximate surface area is 755 Å². The molecule has 9 N–H and O–H groups in total. The first-order valence-electron chi connectivity index (χ1n) is 40.6. The number of aromatic nitrogens is 9. The Morgan fingerprint density at radius 1 is 0.544 bits per heavy atom. The number of amides is 3. The first-order chi connectivity index (χ1) is 59.9. The quantitative estimate of drug-likeness (QED) is 0.0244. The SMILES string of the molecule is CB(O)O.CC(C)(C)OC(=O)N1CCC[C@@H](n2c(Br)c(-c3ccc(Oc4cccc(F)c4)cc3)c3c(N)ncnc32)C1.CC(C)(C)OC(=O)N1CCC[C@@H](n2cc(-c3ccc(Oc4cccc(F)c4)cc3)c3c(N)ncnc32)C1.CC(C)(C)OC(=O)N1CCC[C@@H](n2cc(I)c3c(N)ncnc32)C1.O[B]Oc1ccc(Oc2cccc(F)c2)cc1.[2H]CC.[B]=NS. The molecule has 0 unspecified atom stereocenters. The minimum atomic E-state index is -1.17. The number of fused-ring (bicyclic) bond motifs is 3. The molecule has 3 saturated heterocycles. The van der Waals surface area contributed by atoms with E-state index >= 15 is 0 Å². The maximum absolute atomic E-state index is 13.5. The average Bonchev–Trinajstić information content (AvgIpc) is 1.59. The second-order valence-electron chi connectivity index (χ2n) is 31.6. The van der Waals surface area contributed by atoms with Crippen LogP contribution in [0.5, 0.6) is 40.2 Å². The number of ether oxygens (including phenoxy) is 6. The van der Waals surface area contributed by atoms with Crippen LogP contribution in [-0.4, -0.2) is 170 Å².